The molecule has 27 nitrogen and oxygen atoms in total. The Balaban J connectivity index is 1.56. The zero-order valence-corrected chi connectivity index (χ0v) is 51.7. The molecule has 12 N–H and O–H groups in total. The zero-order chi connectivity index (χ0) is 62.9. The van der Waals surface area contributed by atoms with Crippen molar-refractivity contribution in [1.29, 1.82) is 0 Å². The molecule has 4 bridgehead atoms. The van der Waals surface area contributed by atoms with Gasteiger partial charge in [-0.2, -0.15) is 35.3 Å². The predicted molar refractivity (Wildman–Crippen MR) is 323 cm³/mol. The number of hydrogen-bond donors (Lipinski definition) is 10. The van der Waals surface area contributed by atoms with Crippen molar-refractivity contribution in [3.63, 3.8) is 0 Å². The van der Waals surface area contributed by atoms with Gasteiger partial charge in [0, 0.05) is 42.5 Å². The van der Waals surface area contributed by atoms with Gasteiger partial charge in [-0.3, -0.25) is 57.5 Å². The third kappa shape index (κ3) is 22.2. The normalized spacial score (nSPS) is 27.1. The number of rotatable bonds is 12. The number of aliphatic carboxylic acids is 1. The molecule has 0 spiro atoms. The first-order chi connectivity index (χ1) is 41.1. The fraction of sp³-hybridized carbons (Fsp3) is 0.661. The topological polar surface area (TPSA) is 399 Å². The van der Waals surface area contributed by atoms with Crippen molar-refractivity contribution in [2.24, 2.45) is 22.5 Å². The SMILES string of the molecule is CC[C@H](C)[C@@H]1NC(=O)[C@H](CC(=O)O)NC(=O)[C@H](CCSC)NC(=O)[C@@H]2CCCN2C(=O)[C@@H]2CSCc3cc(cc(c3)OCCCCCCO/N=C/C(=O)N[C@@H](CCCC(N)=O)C(=O)N2)CSC[C@@H](C(N)=O)NC(=O)[C@H](C)NC(=O)[C@@H]2CCCN2C1=O. The Morgan fingerprint density at radius 2 is 1.30 bits per heavy atom. The Kier molecular flexibility index (Phi) is 29.1. The maximum absolute atomic E-state index is 15.0. The van der Waals surface area contributed by atoms with Crippen LogP contribution in [-0.2, 0) is 73.9 Å². The summed E-state index contributed by atoms with van der Waals surface area (Å²) in [5.41, 5.74) is 12.8. The Morgan fingerprint density at radius 1 is 0.709 bits per heavy atom. The summed E-state index contributed by atoms with van der Waals surface area (Å²) < 4.78 is 6.25. The van der Waals surface area contributed by atoms with Gasteiger partial charge in [-0.15, -0.1) is 0 Å². The summed E-state index contributed by atoms with van der Waals surface area (Å²) >= 11 is 3.90. The van der Waals surface area contributed by atoms with E-state index in [1.165, 1.54) is 52.0 Å². The van der Waals surface area contributed by atoms with E-state index in [0.29, 0.717) is 56.0 Å². The highest BCUT2D eigenvalue weighted by Gasteiger charge is 2.43. The predicted octanol–water partition coefficient (Wildman–Crippen LogP) is -0.0679. The molecule has 1 aromatic carbocycles. The van der Waals surface area contributed by atoms with Crippen LogP contribution in [0.1, 0.15) is 122 Å². The Morgan fingerprint density at radius 3 is 1.93 bits per heavy atom. The minimum atomic E-state index is -1.77. The summed E-state index contributed by atoms with van der Waals surface area (Å²) in [5.74, 6) is -9.16. The number of nitrogens with zero attached hydrogens (tertiary/aromatic N) is 3. The lowest BCUT2D eigenvalue weighted by Crippen LogP contribution is -2.61. The Bertz CT molecular complexity index is 2620. The van der Waals surface area contributed by atoms with Gasteiger partial charge in [-0.05, 0) is 119 Å². The summed E-state index contributed by atoms with van der Waals surface area (Å²) in [6, 6.07) is -6.11. The summed E-state index contributed by atoms with van der Waals surface area (Å²) in [7, 11) is 0. The van der Waals surface area contributed by atoms with E-state index in [9.17, 15) is 57.8 Å². The molecule has 4 aliphatic rings. The molecular formula is C56H84N12O15S3. The second kappa shape index (κ2) is 35.7. The van der Waals surface area contributed by atoms with Crippen LogP contribution in [-0.4, -0.2) is 196 Å². The van der Waals surface area contributed by atoms with E-state index < -0.39 is 138 Å². The number of carboxylic acids is 1. The van der Waals surface area contributed by atoms with Crippen molar-refractivity contribution in [2.75, 3.05) is 49.8 Å². The van der Waals surface area contributed by atoms with Gasteiger partial charge in [0.2, 0.25) is 59.1 Å². The van der Waals surface area contributed by atoms with Crippen LogP contribution in [0, 0.1) is 5.92 Å². The molecule has 11 amide bonds. The molecule has 5 rings (SSSR count). The number of primary amides is 2. The summed E-state index contributed by atoms with van der Waals surface area (Å²) in [6.07, 6.45) is 5.89. The number of ether oxygens (including phenoxy) is 1. The summed E-state index contributed by atoms with van der Waals surface area (Å²) in [5, 5.41) is 32.3. The summed E-state index contributed by atoms with van der Waals surface area (Å²) in [6.45, 7) is 5.58. The standard InChI is InChI=1S/C56H84N12O15S3/c1-5-32(2)47-56(81)68-19-12-14-42(68)53(78)60-33(3)49(74)64-40(48(58)73)30-85-28-34-23-35-25-36(24-34)82-20-8-6-7-9-21-83-59-27-45(70)61-37(13-10-16-44(57)69)50(75)65-41(31-86-29-35)55(80)67-18-11-15-43(67)54(79)62-38(17-22-84-4)51(76)63-39(26-46(71)72)52(77)66-47/h23-25,27,32-33,37-43,47H,5-22,26,28-31H2,1-4H3,(H2,57,69)(H2,58,73)(H,60,78)(H,61,70)(H,62,79)(H,63,76)(H,64,74)(H,65,75)(H,66,77)(H,71,72)/b59-27+/t32-,33-,37-,38-,39-,40-,41-,42-,43-,47-/m0/s1. The fourth-order valence-corrected chi connectivity index (χ4v) is 12.6. The maximum Gasteiger partial charge on any atom is 0.305 e. The molecule has 1 aromatic rings. The number of fused-ring (bicyclic) bond motifs is 7. The first kappa shape index (κ1) is 69.9. The molecule has 0 radical (unpaired) electrons. The average Bonchev–Trinajstić information content (AvgIpc) is 4.18. The highest BCUT2D eigenvalue weighted by atomic mass is 32.2. The molecule has 0 aliphatic carbocycles. The lowest BCUT2D eigenvalue weighted by atomic mass is 9.96. The third-order valence-electron chi connectivity index (χ3n) is 15.1. The number of carbonyl (C=O) groups is 12. The fourth-order valence-electron chi connectivity index (χ4n) is 10.1. The lowest BCUT2D eigenvalue weighted by Gasteiger charge is -2.33. The van der Waals surface area contributed by atoms with Crippen LogP contribution < -0.4 is 53.4 Å². The second-order valence-electron chi connectivity index (χ2n) is 21.8. The smallest absolute Gasteiger partial charge is 0.305 e. The minimum absolute atomic E-state index is 0.000864. The van der Waals surface area contributed by atoms with Gasteiger partial charge in [-0.25, -0.2) is 0 Å². The summed E-state index contributed by atoms with van der Waals surface area (Å²) in [4.78, 5) is 172. The molecule has 476 valence electrons. The van der Waals surface area contributed by atoms with Crippen molar-refractivity contribution in [2.45, 2.75) is 177 Å². The van der Waals surface area contributed by atoms with Crippen molar-refractivity contribution in [3.8, 4) is 5.75 Å². The molecule has 0 aromatic heterocycles. The molecule has 2 saturated heterocycles. The van der Waals surface area contributed by atoms with E-state index in [4.69, 9.17) is 21.0 Å². The Hall–Kier alpha value is -6.82. The highest BCUT2D eigenvalue weighted by molar-refractivity contribution is 7.99. The number of carboxylic acid groups (broad SMARTS) is 1. The first-order valence-electron chi connectivity index (χ1n) is 29.2. The van der Waals surface area contributed by atoms with Gasteiger partial charge in [0.15, 0.2) is 0 Å². The van der Waals surface area contributed by atoms with Gasteiger partial charge in [-0.1, -0.05) is 31.5 Å². The van der Waals surface area contributed by atoms with Crippen LogP contribution in [0.25, 0.3) is 0 Å². The number of thioether (sulfide) groups is 3. The van der Waals surface area contributed by atoms with Crippen LogP contribution in [0.3, 0.4) is 0 Å². The molecular weight excluding hydrogens is 1180 g/mol. The van der Waals surface area contributed by atoms with E-state index in [1.807, 2.05) is 18.2 Å². The number of carbonyl (C=O) groups excluding carboxylic acids is 11. The molecule has 2 fully saturated rings. The molecule has 0 unspecified atom stereocenters. The van der Waals surface area contributed by atoms with Gasteiger partial charge >= 0.3 is 5.97 Å². The molecule has 30 heteroatoms. The zero-order valence-electron chi connectivity index (χ0n) is 49.2. The number of amides is 11. The monoisotopic (exact) mass is 1260 g/mol. The van der Waals surface area contributed by atoms with Crippen molar-refractivity contribution < 1.29 is 72.2 Å². The lowest BCUT2D eigenvalue weighted by molar-refractivity contribution is -0.144. The number of nitrogens with two attached hydrogens (primary N) is 2. The number of hydrogen-bond acceptors (Lipinski definition) is 18. The molecule has 4 aliphatic heterocycles. The maximum atomic E-state index is 15.0. The van der Waals surface area contributed by atoms with Crippen LogP contribution in [0.4, 0.5) is 0 Å². The van der Waals surface area contributed by atoms with Crippen LogP contribution >= 0.6 is 35.3 Å². The van der Waals surface area contributed by atoms with E-state index in [2.05, 4.69) is 42.4 Å². The van der Waals surface area contributed by atoms with Gasteiger partial charge in [0.05, 0.1) is 13.0 Å². The van der Waals surface area contributed by atoms with Crippen molar-refractivity contribution in [1.82, 2.24) is 47.0 Å². The average molecular weight is 1260 g/mol. The third-order valence-corrected chi connectivity index (χ3v) is 17.9. The van der Waals surface area contributed by atoms with E-state index in [0.717, 1.165) is 30.2 Å². The van der Waals surface area contributed by atoms with Crippen molar-refractivity contribution >= 4 is 112 Å². The molecule has 0 saturated carbocycles. The van der Waals surface area contributed by atoms with Gasteiger partial charge < -0.3 is 73.2 Å². The van der Waals surface area contributed by atoms with Gasteiger partial charge in [0.1, 0.15) is 72.9 Å². The van der Waals surface area contributed by atoms with Crippen LogP contribution in [0.2, 0.25) is 0 Å². The first-order valence-corrected chi connectivity index (χ1v) is 32.9. The van der Waals surface area contributed by atoms with Crippen LogP contribution in [0.5, 0.6) is 5.75 Å². The quantitative estimate of drug-likeness (QED) is 0.131. The molecule has 10 atom stereocenters. The molecule has 86 heavy (non-hydrogen) atoms. The van der Waals surface area contributed by atoms with Crippen LogP contribution in [0.15, 0.2) is 23.4 Å². The van der Waals surface area contributed by atoms with Crippen molar-refractivity contribution in [3.05, 3.63) is 29.3 Å². The largest absolute Gasteiger partial charge is 0.494 e. The second-order valence-corrected chi connectivity index (χ2v) is 24.8. The van der Waals surface area contributed by atoms with E-state index >= 15 is 4.79 Å². The van der Waals surface area contributed by atoms with E-state index in [1.54, 1.807) is 20.1 Å². The van der Waals surface area contributed by atoms with Gasteiger partial charge in [0.25, 0.3) is 5.91 Å². The highest BCUT2D eigenvalue weighted by Crippen LogP contribution is 2.28. The minimum Gasteiger partial charge on any atom is -0.494 e. The van der Waals surface area contributed by atoms with E-state index in [-0.39, 0.29) is 75.5 Å². The molecule has 4 heterocycles. The number of oxime groups is 1. The Labute approximate surface area is 513 Å². The number of benzene rings is 1. The number of nitrogens with one attached hydrogen (secondary N) is 7.